The number of carbonyl (C=O) groups excluding carboxylic acids is 2. The number of hydrogen-bond acceptors (Lipinski definition) is 4. The predicted octanol–water partition coefficient (Wildman–Crippen LogP) is 4.45. The number of carbonyl (C=O) groups is 3. The van der Waals surface area contributed by atoms with Crippen molar-refractivity contribution in [1.82, 2.24) is 10.6 Å². The third kappa shape index (κ3) is 5.08. The van der Waals surface area contributed by atoms with Crippen molar-refractivity contribution >= 4 is 18.0 Å². The molecular formula is C27H32N2O5. The lowest BCUT2D eigenvalue weighted by Gasteiger charge is -2.30. The van der Waals surface area contributed by atoms with E-state index < -0.39 is 30.1 Å². The maximum Gasteiger partial charge on any atom is 0.407 e. The first-order valence-electron chi connectivity index (χ1n) is 12.1. The minimum atomic E-state index is -0.887. The molecule has 2 aliphatic carbocycles. The van der Waals surface area contributed by atoms with Crippen LogP contribution >= 0.6 is 0 Å². The van der Waals surface area contributed by atoms with Crippen LogP contribution in [0.15, 0.2) is 48.5 Å². The topological polar surface area (TPSA) is 105 Å². The Morgan fingerprint density at radius 2 is 1.62 bits per heavy atom. The number of carboxylic acid groups (broad SMARTS) is 1. The van der Waals surface area contributed by atoms with Gasteiger partial charge in [-0.05, 0) is 41.5 Å². The van der Waals surface area contributed by atoms with Crippen LogP contribution < -0.4 is 10.6 Å². The number of hydrogen-bond donors (Lipinski definition) is 3. The van der Waals surface area contributed by atoms with Gasteiger partial charge in [0, 0.05) is 12.0 Å². The molecule has 0 heterocycles. The monoisotopic (exact) mass is 464 g/mol. The van der Waals surface area contributed by atoms with Gasteiger partial charge < -0.3 is 20.5 Å². The van der Waals surface area contributed by atoms with E-state index in [1.54, 1.807) is 0 Å². The van der Waals surface area contributed by atoms with Gasteiger partial charge in [-0.2, -0.15) is 0 Å². The van der Waals surface area contributed by atoms with Crippen molar-refractivity contribution in [3.05, 3.63) is 59.7 Å². The number of benzene rings is 2. The van der Waals surface area contributed by atoms with Crippen molar-refractivity contribution in [2.45, 2.75) is 63.5 Å². The highest BCUT2D eigenvalue weighted by molar-refractivity contribution is 5.86. The van der Waals surface area contributed by atoms with E-state index in [1.165, 1.54) is 0 Å². The van der Waals surface area contributed by atoms with E-state index in [0.717, 1.165) is 35.1 Å². The molecule has 2 aromatic rings. The number of alkyl carbamates (subject to hydrolysis) is 1. The molecule has 1 saturated carbocycles. The van der Waals surface area contributed by atoms with Crippen LogP contribution in [0.5, 0.6) is 0 Å². The largest absolute Gasteiger partial charge is 0.481 e. The molecule has 0 aromatic heterocycles. The summed E-state index contributed by atoms with van der Waals surface area (Å²) < 4.78 is 5.59. The van der Waals surface area contributed by atoms with E-state index in [2.05, 4.69) is 34.9 Å². The molecular weight excluding hydrogens is 432 g/mol. The highest BCUT2D eigenvalue weighted by Crippen LogP contribution is 2.44. The molecule has 0 bridgehead atoms. The summed E-state index contributed by atoms with van der Waals surface area (Å²) in [7, 11) is 0. The van der Waals surface area contributed by atoms with Crippen molar-refractivity contribution in [3.63, 3.8) is 0 Å². The fourth-order valence-corrected chi connectivity index (χ4v) is 5.22. The Kier molecular flexibility index (Phi) is 7.50. The van der Waals surface area contributed by atoms with E-state index >= 15 is 0 Å². The van der Waals surface area contributed by atoms with E-state index in [0.29, 0.717) is 25.7 Å². The predicted molar refractivity (Wildman–Crippen MR) is 128 cm³/mol. The lowest BCUT2D eigenvalue weighted by molar-refractivity contribution is -0.144. The molecule has 7 heteroatoms. The zero-order valence-corrected chi connectivity index (χ0v) is 19.5. The van der Waals surface area contributed by atoms with Gasteiger partial charge >= 0.3 is 12.1 Å². The minimum absolute atomic E-state index is 0.0600. The second-order valence-electron chi connectivity index (χ2n) is 9.16. The number of rotatable bonds is 8. The fourth-order valence-electron chi connectivity index (χ4n) is 5.22. The quantitative estimate of drug-likeness (QED) is 0.535. The van der Waals surface area contributed by atoms with Gasteiger partial charge in [0.1, 0.15) is 12.6 Å². The maximum atomic E-state index is 12.9. The average Bonchev–Trinajstić information content (AvgIpc) is 3.16. The van der Waals surface area contributed by atoms with Gasteiger partial charge in [-0.3, -0.25) is 9.59 Å². The lowest BCUT2D eigenvalue weighted by Crippen LogP contribution is -2.53. The zero-order valence-electron chi connectivity index (χ0n) is 19.5. The van der Waals surface area contributed by atoms with Crippen molar-refractivity contribution in [3.8, 4) is 11.1 Å². The van der Waals surface area contributed by atoms with E-state index in [-0.39, 0.29) is 18.4 Å². The van der Waals surface area contributed by atoms with Crippen LogP contribution in [0.2, 0.25) is 0 Å². The van der Waals surface area contributed by atoms with E-state index in [1.807, 2.05) is 31.2 Å². The van der Waals surface area contributed by atoms with Crippen LogP contribution in [-0.4, -0.2) is 41.8 Å². The average molecular weight is 465 g/mol. The number of nitrogens with one attached hydrogen (secondary N) is 2. The second-order valence-corrected chi connectivity index (χ2v) is 9.16. The summed E-state index contributed by atoms with van der Waals surface area (Å²) in [6.07, 6.45) is 3.40. The molecule has 180 valence electrons. The van der Waals surface area contributed by atoms with Gasteiger partial charge in [-0.1, -0.05) is 74.7 Å². The highest BCUT2D eigenvalue weighted by Gasteiger charge is 2.34. The van der Waals surface area contributed by atoms with Crippen LogP contribution in [0.3, 0.4) is 0 Å². The van der Waals surface area contributed by atoms with Crippen LogP contribution in [0, 0.1) is 5.92 Å². The number of ether oxygens (including phenoxy) is 1. The lowest BCUT2D eigenvalue weighted by atomic mass is 9.84. The first-order valence-corrected chi connectivity index (χ1v) is 12.1. The summed E-state index contributed by atoms with van der Waals surface area (Å²) in [5.74, 6) is -1.89. The van der Waals surface area contributed by atoms with Crippen molar-refractivity contribution < 1.29 is 24.2 Å². The summed E-state index contributed by atoms with van der Waals surface area (Å²) in [4.78, 5) is 37.2. The van der Waals surface area contributed by atoms with Gasteiger partial charge in [0.2, 0.25) is 5.91 Å². The Morgan fingerprint density at radius 1 is 1.00 bits per heavy atom. The molecule has 0 radical (unpaired) electrons. The normalized spacial score (nSPS) is 20.0. The Labute approximate surface area is 199 Å². The highest BCUT2D eigenvalue weighted by atomic mass is 16.5. The van der Waals surface area contributed by atoms with Crippen molar-refractivity contribution in [1.29, 1.82) is 0 Å². The number of fused-ring (bicyclic) bond motifs is 3. The van der Waals surface area contributed by atoms with Crippen LogP contribution in [0.25, 0.3) is 11.1 Å². The van der Waals surface area contributed by atoms with Gasteiger partial charge in [-0.15, -0.1) is 0 Å². The van der Waals surface area contributed by atoms with Crippen molar-refractivity contribution in [2.75, 3.05) is 6.61 Å². The third-order valence-electron chi connectivity index (χ3n) is 6.94. The third-order valence-corrected chi connectivity index (χ3v) is 6.94. The summed E-state index contributed by atoms with van der Waals surface area (Å²) in [5, 5.41) is 15.1. The van der Waals surface area contributed by atoms with Crippen LogP contribution in [-0.2, 0) is 14.3 Å². The summed E-state index contributed by atoms with van der Waals surface area (Å²) >= 11 is 0. The zero-order chi connectivity index (χ0) is 24.1. The molecule has 4 rings (SSSR count). The Hall–Kier alpha value is -3.35. The molecule has 2 aliphatic rings. The number of amides is 2. The molecule has 0 spiro atoms. The summed E-state index contributed by atoms with van der Waals surface area (Å²) in [5.41, 5.74) is 4.54. The van der Waals surface area contributed by atoms with Crippen LogP contribution in [0.1, 0.15) is 62.5 Å². The smallest absolute Gasteiger partial charge is 0.407 e. The van der Waals surface area contributed by atoms with E-state index in [9.17, 15) is 19.5 Å². The van der Waals surface area contributed by atoms with Crippen LogP contribution in [0.4, 0.5) is 4.79 Å². The Bertz CT molecular complexity index is 1010. The number of aliphatic carboxylic acids is 1. The van der Waals surface area contributed by atoms with Gasteiger partial charge in [0.15, 0.2) is 0 Å². The fraction of sp³-hybridized carbons (Fsp3) is 0.444. The minimum Gasteiger partial charge on any atom is -0.481 e. The van der Waals surface area contributed by atoms with Gasteiger partial charge in [-0.25, -0.2) is 4.79 Å². The molecule has 2 aromatic carbocycles. The first kappa shape index (κ1) is 23.8. The molecule has 3 N–H and O–H groups in total. The standard InChI is InChI=1S/C27H32N2O5/c1-2-9-24(25(30)28-23-15-8-7-14-21(23)26(31)32)29-27(33)34-16-22-19-12-5-3-10-17(19)18-11-4-6-13-20(18)22/h3-6,10-13,21-24H,2,7-9,14-16H2,1H3,(H,28,30)(H,29,33)(H,31,32)/t21-,23+,24?/m0/s1. The molecule has 0 aliphatic heterocycles. The molecule has 0 saturated heterocycles. The van der Waals surface area contributed by atoms with Gasteiger partial charge in [0.05, 0.1) is 5.92 Å². The van der Waals surface area contributed by atoms with E-state index in [4.69, 9.17) is 4.74 Å². The molecule has 1 unspecified atom stereocenters. The SMILES string of the molecule is CCCC(NC(=O)OCC1c2ccccc2-c2ccccc21)C(=O)N[C@@H]1CCCC[C@@H]1C(=O)O. The molecule has 2 amide bonds. The molecule has 3 atom stereocenters. The molecule has 7 nitrogen and oxygen atoms in total. The second kappa shape index (κ2) is 10.7. The van der Waals surface area contributed by atoms with Crippen molar-refractivity contribution in [2.24, 2.45) is 5.92 Å². The molecule has 1 fully saturated rings. The first-order chi connectivity index (χ1) is 16.5. The van der Waals surface area contributed by atoms with Gasteiger partial charge in [0.25, 0.3) is 0 Å². The summed E-state index contributed by atoms with van der Waals surface area (Å²) in [6, 6.07) is 15.0. The summed E-state index contributed by atoms with van der Waals surface area (Å²) in [6.45, 7) is 2.10. The Morgan fingerprint density at radius 3 is 2.24 bits per heavy atom. The maximum absolute atomic E-state index is 12.9. The molecule has 34 heavy (non-hydrogen) atoms. The number of carboxylic acids is 1. The Balaban J connectivity index is 1.38.